The molecule has 3 rings (SSSR count). The van der Waals surface area contributed by atoms with Crippen LogP contribution in [-0.2, 0) is 9.84 Å². The van der Waals surface area contributed by atoms with E-state index in [0.717, 1.165) is 24.9 Å². The highest BCUT2D eigenvalue weighted by Crippen LogP contribution is 2.29. The molecule has 0 bridgehead atoms. The van der Waals surface area contributed by atoms with Crippen LogP contribution in [0.1, 0.15) is 16.2 Å². The summed E-state index contributed by atoms with van der Waals surface area (Å²) in [5.41, 5.74) is -0.150. The fourth-order valence-corrected chi connectivity index (χ4v) is 3.51. The number of nitrogens with one attached hydrogen (secondary N) is 1. The van der Waals surface area contributed by atoms with E-state index in [2.05, 4.69) is 15.2 Å². The number of allylic oxidation sites excluding steroid dienone is 1. The highest BCUT2D eigenvalue weighted by Gasteiger charge is 2.25. The molecule has 0 amide bonds. The van der Waals surface area contributed by atoms with Gasteiger partial charge in [-0.3, -0.25) is 9.89 Å². The molecule has 128 valence electrons. The number of aromatic nitrogens is 3. The number of hydrogen-bond acceptors (Lipinski definition) is 7. The van der Waals surface area contributed by atoms with Gasteiger partial charge in [-0.25, -0.2) is 13.4 Å². The molecular weight excluding hydrogens is 370 g/mol. The molecule has 0 aliphatic heterocycles. The quantitative estimate of drug-likeness (QED) is 0.396. The second kappa shape index (κ2) is 6.54. The number of furan rings is 1. The molecule has 0 aliphatic rings. The average molecular weight is 380 g/mol. The van der Waals surface area contributed by atoms with Crippen LogP contribution in [-0.4, -0.2) is 34.5 Å². The Balaban J connectivity index is 2.00. The lowest BCUT2D eigenvalue weighted by Gasteiger charge is -2.05. The zero-order valence-corrected chi connectivity index (χ0v) is 14.0. The topological polar surface area (TPSA) is 126 Å². The molecular formula is C15H10ClN3O5S. The monoisotopic (exact) mass is 379 g/mol. The SMILES string of the molecule is O=C(C=C(O)c1cocc1S(=O)(=O)c1ccc(Cl)cc1)c1ncn[nH]1. The maximum Gasteiger partial charge on any atom is 0.226 e. The number of sulfone groups is 1. The van der Waals surface area contributed by atoms with Crippen molar-refractivity contribution < 1.29 is 22.7 Å². The van der Waals surface area contributed by atoms with Crippen molar-refractivity contribution in [3.8, 4) is 0 Å². The molecule has 25 heavy (non-hydrogen) atoms. The Kier molecular flexibility index (Phi) is 4.43. The Morgan fingerprint density at radius 3 is 2.60 bits per heavy atom. The number of carbonyl (C=O) groups is 1. The summed E-state index contributed by atoms with van der Waals surface area (Å²) in [5.74, 6) is -1.36. The summed E-state index contributed by atoms with van der Waals surface area (Å²) in [5, 5.41) is 16.4. The van der Waals surface area contributed by atoms with Gasteiger partial charge in [-0.1, -0.05) is 11.6 Å². The molecule has 0 saturated heterocycles. The first-order valence-corrected chi connectivity index (χ1v) is 8.63. The van der Waals surface area contributed by atoms with Crippen molar-refractivity contribution in [2.24, 2.45) is 0 Å². The van der Waals surface area contributed by atoms with Gasteiger partial charge in [0.05, 0.1) is 10.5 Å². The molecule has 0 aliphatic carbocycles. The normalized spacial score (nSPS) is 12.3. The molecule has 2 aromatic heterocycles. The van der Waals surface area contributed by atoms with Crippen molar-refractivity contribution in [2.75, 3.05) is 0 Å². The van der Waals surface area contributed by atoms with E-state index in [1.165, 1.54) is 24.3 Å². The number of halogens is 1. The zero-order chi connectivity index (χ0) is 18.0. The lowest BCUT2D eigenvalue weighted by molar-refractivity contribution is 0.103. The summed E-state index contributed by atoms with van der Waals surface area (Å²) in [7, 11) is -3.98. The molecule has 1 aromatic carbocycles. The minimum absolute atomic E-state index is 0.0334. The van der Waals surface area contributed by atoms with Gasteiger partial charge in [-0.05, 0) is 24.3 Å². The van der Waals surface area contributed by atoms with E-state index in [0.29, 0.717) is 5.02 Å². The molecule has 2 N–H and O–H groups in total. The van der Waals surface area contributed by atoms with Crippen molar-refractivity contribution >= 4 is 33.0 Å². The number of hydrogen-bond donors (Lipinski definition) is 2. The van der Waals surface area contributed by atoms with E-state index in [9.17, 15) is 18.3 Å². The number of aliphatic hydroxyl groups excluding tert-OH is 1. The molecule has 3 aromatic rings. The van der Waals surface area contributed by atoms with Crippen LogP contribution in [0.3, 0.4) is 0 Å². The summed E-state index contributed by atoms with van der Waals surface area (Å²) in [6.07, 6.45) is 3.96. The average Bonchev–Trinajstić information content (AvgIpc) is 3.27. The van der Waals surface area contributed by atoms with Gasteiger partial charge in [0.15, 0.2) is 5.82 Å². The van der Waals surface area contributed by atoms with E-state index in [4.69, 9.17) is 16.0 Å². The Bertz CT molecular complexity index is 1040. The molecule has 0 fully saturated rings. The number of aliphatic hydroxyl groups is 1. The van der Waals surface area contributed by atoms with Gasteiger partial charge in [0.1, 0.15) is 29.5 Å². The number of aromatic amines is 1. The van der Waals surface area contributed by atoms with E-state index in [1.807, 2.05) is 0 Å². The van der Waals surface area contributed by atoms with Gasteiger partial charge in [0.25, 0.3) is 0 Å². The number of benzene rings is 1. The maximum atomic E-state index is 12.7. The van der Waals surface area contributed by atoms with E-state index in [-0.39, 0.29) is 21.2 Å². The third-order valence-corrected chi connectivity index (χ3v) is 5.27. The summed E-state index contributed by atoms with van der Waals surface area (Å²) in [4.78, 5) is 15.2. The molecule has 0 saturated carbocycles. The number of nitrogens with zero attached hydrogens (tertiary/aromatic N) is 2. The summed E-state index contributed by atoms with van der Waals surface area (Å²) in [6.45, 7) is 0. The molecule has 10 heteroatoms. The predicted octanol–water partition coefficient (Wildman–Crippen LogP) is 2.67. The third kappa shape index (κ3) is 3.32. The van der Waals surface area contributed by atoms with Gasteiger partial charge in [0, 0.05) is 11.1 Å². The van der Waals surface area contributed by atoms with Gasteiger partial charge >= 0.3 is 0 Å². The highest BCUT2D eigenvalue weighted by atomic mass is 35.5. The zero-order valence-electron chi connectivity index (χ0n) is 12.4. The Morgan fingerprint density at radius 2 is 1.96 bits per heavy atom. The minimum Gasteiger partial charge on any atom is -0.507 e. The molecule has 0 unspecified atom stereocenters. The van der Waals surface area contributed by atoms with E-state index < -0.39 is 21.4 Å². The first kappa shape index (κ1) is 16.9. The van der Waals surface area contributed by atoms with Crippen LogP contribution in [0.5, 0.6) is 0 Å². The Hall–Kier alpha value is -2.91. The van der Waals surface area contributed by atoms with Crippen molar-refractivity contribution in [3.05, 3.63) is 65.6 Å². The van der Waals surface area contributed by atoms with Crippen LogP contribution in [0, 0.1) is 0 Å². The standard InChI is InChI=1S/C15H10ClN3O5S/c16-9-1-3-10(4-2-9)25(22,23)14-7-24-6-11(14)12(20)5-13(21)15-17-8-18-19-15/h1-8,20H,(H,17,18,19). The van der Waals surface area contributed by atoms with Crippen LogP contribution in [0.25, 0.3) is 5.76 Å². The summed E-state index contributed by atoms with van der Waals surface area (Å²) >= 11 is 5.76. The number of carbonyl (C=O) groups excluding carboxylic acids is 1. The van der Waals surface area contributed by atoms with Gasteiger partial charge < -0.3 is 9.52 Å². The molecule has 8 nitrogen and oxygen atoms in total. The Morgan fingerprint density at radius 1 is 1.24 bits per heavy atom. The van der Waals surface area contributed by atoms with Crippen LogP contribution in [0.4, 0.5) is 0 Å². The van der Waals surface area contributed by atoms with Gasteiger partial charge in [-0.15, -0.1) is 0 Å². The number of H-pyrrole nitrogens is 1. The predicted molar refractivity (Wildman–Crippen MR) is 86.9 cm³/mol. The lowest BCUT2D eigenvalue weighted by atomic mass is 10.2. The van der Waals surface area contributed by atoms with Crippen molar-refractivity contribution in [3.63, 3.8) is 0 Å². The number of ketones is 1. The Labute approximate surface area is 146 Å². The third-order valence-electron chi connectivity index (χ3n) is 3.23. The van der Waals surface area contributed by atoms with Crippen LogP contribution in [0.15, 0.2) is 63.4 Å². The molecule has 0 radical (unpaired) electrons. The van der Waals surface area contributed by atoms with Crippen LogP contribution < -0.4 is 0 Å². The van der Waals surface area contributed by atoms with E-state index >= 15 is 0 Å². The largest absolute Gasteiger partial charge is 0.507 e. The molecule has 0 spiro atoms. The number of rotatable bonds is 5. The minimum atomic E-state index is -3.98. The maximum absolute atomic E-state index is 12.7. The van der Waals surface area contributed by atoms with Gasteiger partial charge in [-0.2, -0.15) is 5.10 Å². The second-order valence-corrected chi connectivity index (χ2v) is 7.19. The smallest absolute Gasteiger partial charge is 0.226 e. The first-order chi connectivity index (χ1) is 11.9. The fraction of sp³-hybridized carbons (Fsp3) is 0. The lowest BCUT2D eigenvalue weighted by Crippen LogP contribution is -2.04. The molecule has 2 heterocycles. The molecule has 0 atom stereocenters. The van der Waals surface area contributed by atoms with Crippen molar-refractivity contribution in [1.29, 1.82) is 0 Å². The first-order valence-electron chi connectivity index (χ1n) is 6.77. The summed E-state index contributed by atoms with van der Waals surface area (Å²) in [6, 6.07) is 5.51. The second-order valence-electron chi connectivity index (χ2n) is 4.83. The van der Waals surface area contributed by atoms with Crippen molar-refractivity contribution in [2.45, 2.75) is 9.79 Å². The van der Waals surface area contributed by atoms with Gasteiger partial charge in [0.2, 0.25) is 15.6 Å². The van der Waals surface area contributed by atoms with Crippen LogP contribution in [0.2, 0.25) is 5.02 Å². The summed E-state index contributed by atoms with van der Waals surface area (Å²) < 4.78 is 30.3. The van der Waals surface area contributed by atoms with E-state index in [1.54, 1.807) is 0 Å². The fourth-order valence-electron chi connectivity index (χ4n) is 2.02. The van der Waals surface area contributed by atoms with Crippen molar-refractivity contribution in [1.82, 2.24) is 15.2 Å². The van der Waals surface area contributed by atoms with Crippen LogP contribution >= 0.6 is 11.6 Å². The highest BCUT2D eigenvalue weighted by molar-refractivity contribution is 7.91.